The van der Waals surface area contributed by atoms with E-state index >= 15 is 0 Å². The Kier molecular flexibility index (Phi) is 8.04. The van der Waals surface area contributed by atoms with Gasteiger partial charge >= 0.3 is 5.97 Å². The Morgan fingerprint density at radius 2 is 1.96 bits per heavy atom. The molecule has 1 N–H and O–H groups in total. The minimum absolute atomic E-state index is 0. The Morgan fingerprint density at radius 3 is 2.60 bits per heavy atom. The molecule has 2 rings (SSSR count). The average molecular weight is 359 g/mol. The van der Waals surface area contributed by atoms with E-state index in [9.17, 15) is 4.79 Å². The van der Waals surface area contributed by atoms with Gasteiger partial charge in [-0.25, -0.2) is 4.79 Å². The van der Waals surface area contributed by atoms with Crippen molar-refractivity contribution in [3.8, 4) is 18.1 Å². The first-order valence-electron chi connectivity index (χ1n) is 6.99. The number of methoxy groups -OCH3 is 1. The van der Waals surface area contributed by atoms with Crippen LogP contribution in [0.25, 0.3) is 0 Å². The number of esters is 1. The maximum absolute atomic E-state index is 12.0. The number of benzene rings is 2. The zero-order valence-electron chi connectivity index (χ0n) is 12.9. The van der Waals surface area contributed by atoms with Gasteiger partial charge in [-0.1, -0.05) is 55.3 Å². The summed E-state index contributed by atoms with van der Waals surface area (Å²) in [5, 5.41) is 3.41. The second kappa shape index (κ2) is 10.0. The van der Waals surface area contributed by atoms with Crippen molar-refractivity contribution < 1.29 is 14.3 Å². The van der Waals surface area contributed by atoms with Crippen molar-refractivity contribution in [3.63, 3.8) is 0 Å². The van der Waals surface area contributed by atoms with E-state index in [4.69, 9.17) is 27.5 Å². The Bertz CT molecular complexity index is 770. The number of hydrazone groups is 1. The standard InChI is InChI=1S/C18H15ClN2O3.CH4/c1-3-16(13-8-7-11-15(12-13)23-2)24-18(22)17(19)21-20-14-9-5-4-6-10-14;/h1,4-12,16,20H,2H3;1H4/b21-17-;. The Labute approximate surface area is 152 Å². The van der Waals surface area contributed by atoms with Crippen LogP contribution in [0.3, 0.4) is 0 Å². The van der Waals surface area contributed by atoms with Crippen LogP contribution < -0.4 is 10.2 Å². The lowest BCUT2D eigenvalue weighted by Gasteiger charge is -2.13. The van der Waals surface area contributed by atoms with Crippen LogP contribution in [0.1, 0.15) is 19.1 Å². The SMILES string of the molecule is C.C#CC(OC(=O)/C(Cl)=N/Nc1ccccc1)c1cccc(OC)c1. The number of rotatable bonds is 6. The van der Waals surface area contributed by atoms with Gasteiger partial charge in [0.15, 0.2) is 6.10 Å². The number of terminal acetylenes is 1. The molecule has 0 radical (unpaired) electrons. The topological polar surface area (TPSA) is 59.9 Å². The normalized spacial score (nSPS) is 11.5. The second-order valence-corrected chi connectivity index (χ2v) is 4.97. The fourth-order valence-electron chi connectivity index (χ4n) is 1.83. The van der Waals surface area contributed by atoms with E-state index in [0.717, 1.165) is 0 Å². The number of halogens is 1. The Morgan fingerprint density at radius 1 is 1.24 bits per heavy atom. The van der Waals surface area contributed by atoms with E-state index in [-0.39, 0.29) is 12.6 Å². The summed E-state index contributed by atoms with van der Waals surface area (Å²) in [4.78, 5) is 12.0. The van der Waals surface area contributed by atoms with E-state index in [0.29, 0.717) is 17.0 Å². The van der Waals surface area contributed by atoms with Crippen molar-refractivity contribution in [1.82, 2.24) is 0 Å². The van der Waals surface area contributed by atoms with E-state index < -0.39 is 12.1 Å². The van der Waals surface area contributed by atoms with Crippen molar-refractivity contribution in [1.29, 1.82) is 0 Å². The summed E-state index contributed by atoms with van der Waals surface area (Å²) < 4.78 is 10.3. The van der Waals surface area contributed by atoms with Gasteiger partial charge in [-0.15, -0.1) is 6.42 Å². The van der Waals surface area contributed by atoms with Crippen LogP contribution in [0.4, 0.5) is 5.69 Å². The van der Waals surface area contributed by atoms with Gasteiger partial charge in [0.1, 0.15) is 5.75 Å². The van der Waals surface area contributed by atoms with Crippen LogP contribution >= 0.6 is 11.6 Å². The molecule has 6 heteroatoms. The summed E-state index contributed by atoms with van der Waals surface area (Å²) in [7, 11) is 1.54. The molecule has 1 atom stereocenters. The first-order chi connectivity index (χ1) is 11.6. The number of para-hydroxylation sites is 1. The van der Waals surface area contributed by atoms with Crippen molar-refractivity contribution in [2.45, 2.75) is 13.5 Å². The Balaban J connectivity index is 0.00000312. The molecule has 0 spiro atoms. The van der Waals surface area contributed by atoms with E-state index in [1.165, 1.54) is 7.11 Å². The third-order valence-electron chi connectivity index (χ3n) is 3.00. The number of nitrogens with one attached hydrogen (secondary N) is 1. The first-order valence-corrected chi connectivity index (χ1v) is 7.37. The molecule has 2 aromatic rings. The van der Waals surface area contributed by atoms with Gasteiger partial charge in [-0.05, 0) is 24.3 Å². The predicted octanol–water partition coefficient (Wildman–Crippen LogP) is 4.21. The number of anilines is 1. The highest BCUT2D eigenvalue weighted by atomic mass is 35.5. The third-order valence-corrected chi connectivity index (χ3v) is 3.24. The molecule has 0 aliphatic heterocycles. The molecule has 0 saturated carbocycles. The molecular formula is C19H19ClN2O3. The number of carbonyl (C=O) groups is 1. The minimum Gasteiger partial charge on any atom is -0.497 e. The first kappa shape index (κ1) is 20.1. The number of carbonyl (C=O) groups excluding carboxylic acids is 1. The minimum atomic E-state index is -0.895. The summed E-state index contributed by atoms with van der Waals surface area (Å²) in [6.07, 6.45) is 4.55. The number of hydrogen-bond donors (Lipinski definition) is 1. The lowest BCUT2D eigenvalue weighted by molar-refractivity contribution is -0.138. The summed E-state index contributed by atoms with van der Waals surface area (Å²) in [6.45, 7) is 0. The second-order valence-electron chi connectivity index (χ2n) is 4.61. The van der Waals surface area contributed by atoms with Gasteiger partial charge in [0.05, 0.1) is 12.8 Å². The molecule has 0 amide bonds. The summed E-state index contributed by atoms with van der Waals surface area (Å²) in [5.41, 5.74) is 3.95. The Hall–Kier alpha value is -2.97. The molecule has 2 aromatic carbocycles. The van der Waals surface area contributed by atoms with Gasteiger partial charge in [-0.2, -0.15) is 5.10 Å². The number of nitrogens with zero attached hydrogens (tertiary/aromatic N) is 1. The lowest BCUT2D eigenvalue weighted by Crippen LogP contribution is -2.17. The van der Waals surface area contributed by atoms with Crippen LogP contribution in [-0.4, -0.2) is 18.2 Å². The average Bonchev–Trinajstić information content (AvgIpc) is 2.64. The highest BCUT2D eigenvalue weighted by Gasteiger charge is 2.18. The molecular weight excluding hydrogens is 340 g/mol. The molecule has 0 fully saturated rings. The number of hydrogen-bond acceptors (Lipinski definition) is 5. The molecule has 0 heterocycles. The van der Waals surface area contributed by atoms with Crippen molar-refractivity contribution >= 4 is 28.4 Å². The van der Waals surface area contributed by atoms with Crippen LogP contribution in [0.2, 0.25) is 0 Å². The monoisotopic (exact) mass is 358 g/mol. The molecule has 5 nitrogen and oxygen atoms in total. The van der Waals surface area contributed by atoms with Crippen LogP contribution in [0.15, 0.2) is 59.7 Å². The molecule has 25 heavy (non-hydrogen) atoms. The molecule has 1 unspecified atom stereocenters. The van der Waals surface area contributed by atoms with Gasteiger partial charge < -0.3 is 9.47 Å². The fraction of sp³-hybridized carbons (Fsp3) is 0.158. The molecule has 0 aliphatic carbocycles. The van der Waals surface area contributed by atoms with E-state index in [1.807, 2.05) is 18.2 Å². The van der Waals surface area contributed by atoms with Gasteiger partial charge in [0, 0.05) is 5.56 Å². The van der Waals surface area contributed by atoms with Crippen LogP contribution in [-0.2, 0) is 9.53 Å². The highest BCUT2D eigenvalue weighted by molar-refractivity contribution is 6.82. The molecule has 0 aliphatic rings. The summed E-state index contributed by atoms with van der Waals surface area (Å²) in [5.74, 6) is 2.17. The molecule has 0 saturated heterocycles. The fourth-order valence-corrected chi connectivity index (χ4v) is 1.92. The van der Waals surface area contributed by atoms with Crippen molar-refractivity contribution in [2.75, 3.05) is 12.5 Å². The zero-order valence-corrected chi connectivity index (χ0v) is 13.7. The molecule has 0 bridgehead atoms. The maximum atomic E-state index is 12.0. The largest absolute Gasteiger partial charge is 0.497 e. The van der Waals surface area contributed by atoms with Crippen LogP contribution in [0.5, 0.6) is 5.75 Å². The molecule has 0 aromatic heterocycles. The third kappa shape index (κ3) is 5.87. The predicted molar refractivity (Wildman–Crippen MR) is 101 cm³/mol. The van der Waals surface area contributed by atoms with E-state index in [2.05, 4.69) is 16.4 Å². The zero-order chi connectivity index (χ0) is 17.4. The molecule has 130 valence electrons. The van der Waals surface area contributed by atoms with Gasteiger partial charge in [-0.3, -0.25) is 5.43 Å². The maximum Gasteiger partial charge on any atom is 0.372 e. The van der Waals surface area contributed by atoms with Crippen molar-refractivity contribution in [3.05, 3.63) is 60.2 Å². The van der Waals surface area contributed by atoms with Crippen LogP contribution in [0, 0.1) is 12.3 Å². The van der Waals surface area contributed by atoms with Crippen molar-refractivity contribution in [2.24, 2.45) is 5.10 Å². The quantitative estimate of drug-likeness (QED) is 0.363. The highest BCUT2D eigenvalue weighted by Crippen LogP contribution is 2.22. The smallest absolute Gasteiger partial charge is 0.372 e. The van der Waals surface area contributed by atoms with E-state index in [1.54, 1.807) is 36.4 Å². The summed E-state index contributed by atoms with van der Waals surface area (Å²) in [6, 6.07) is 16.0. The summed E-state index contributed by atoms with van der Waals surface area (Å²) >= 11 is 5.85. The van der Waals surface area contributed by atoms with Gasteiger partial charge in [0.2, 0.25) is 5.17 Å². The van der Waals surface area contributed by atoms with Gasteiger partial charge in [0.25, 0.3) is 0 Å². The number of ether oxygens (including phenoxy) is 2. The lowest BCUT2D eigenvalue weighted by atomic mass is 10.1.